The van der Waals surface area contributed by atoms with Gasteiger partial charge in [0.25, 0.3) is 0 Å². The molecule has 0 aromatic carbocycles. The second-order valence-corrected chi connectivity index (χ2v) is 5.09. The number of hydrogen-bond donors (Lipinski definition) is 0. The van der Waals surface area contributed by atoms with Crippen molar-refractivity contribution in [2.75, 3.05) is 33.4 Å². The van der Waals surface area contributed by atoms with Gasteiger partial charge in [-0.25, -0.2) is 4.79 Å². The van der Waals surface area contributed by atoms with Gasteiger partial charge in [-0.2, -0.15) is 0 Å². The van der Waals surface area contributed by atoms with E-state index in [9.17, 15) is 4.79 Å². The van der Waals surface area contributed by atoms with Crippen molar-refractivity contribution in [2.45, 2.75) is 23.8 Å². The summed E-state index contributed by atoms with van der Waals surface area (Å²) in [5, 5.41) is 0. The largest absolute Gasteiger partial charge is 0.383 e. The van der Waals surface area contributed by atoms with Gasteiger partial charge in [0.15, 0.2) is 0 Å². The van der Waals surface area contributed by atoms with Gasteiger partial charge in [-0.05, 0) is 12.8 Å². The summed E-state index contributed by atoms with van der Waals surface area (Å²) in [5.41, 5.74) is 0. The van der Waals surface area contributed by atoms with Gasteiger partial charge >= 0.3 is 6.03 Å². The van der Waals surface area contributed by atoms with E-state index in [-0.39, 0.29) is 6.03 Å². The van der Waals surface area contributed by atoms with Gasteiger partial charge in [-0.1, -0.05) is 29.5 Å². The number of hydrogen-bond acceptors (Lipinski definition) is 2. The van der Waals surface area contributed by atoms with Crippen molar-refractivity contribution in [2.24, 2.45) is 0 Å². The van der Waals surface area contributed by atoms with Crippen LogP contribution in [0.5, 0.6) is 0 Å². The van der Waals surface area contributed by atoms with Crippen LogP contribution in [0.2, 0.25) is 0 Å². The summed E-state index contributed by atoms with van der Waals surface area (Å²) in [6, 6.07) is 0.166. The summed E-state index contributed by atoms with van der Waals surface area (Å²) in [6.45, 7) is 5.20. The highest BCUT2D eigenvalue weighted by Crippen LogP contribution is 2.18. The number of methoxy groups -OCH3 is 1. The van der Waals surface area contributed by atoms with Crippen LogP contribution in [0.25, 0.3) is 0 Å². The summed E-state index contributed by atoms with van der Waals surface area (Å²) in [5.74, 6) is 0. The summed E-state index contributed by atoms with van der Waals surface area (Å²) < 4.78 is 5.32. The van der Waals surface area contributed by atoms with E-state index in [0.29, 0.717) is 17.2 Å². The fourth-order valence-electron chi connectivity index (χ4n) is 1.69. The Kier molecular flexibility index (Phi) is 5.66. The zero-order valence-corrected chi connectivity index (χ0v) is 11.6. The minimum Gasteiger partial charge on any atom is -0.383 e. The van der Waals surface area contributed by atoms with E-state index >= 15 is 0 Å². The molecule has 1 aliphatic heterocycles. The number of halogens is 1. The maximum atomic E-state index is 12.0. The van der Waals surface area contributed by atoms with Crippen LogP contribution >= 0.6 is 22.6 Å². The first-order valence-electron chi connectivity index (χ1n) is 5.39. The lowest BCUT2D eigenvalue weighted by atomic mass is 10.2. The number of alkyl halides is 1. The number of carbonyl (C=O) groups is 1. The molecule has 1 saturated heterocycles. The Morgan fingerprint density at radius 2 is 2.27 bits per heavy atom. The quantitative estimate of drug-likeness (QED) is 0.439. The van der Waals surface area contributed by atoms with Gasteiger partial charge in [0.05, 0.1) is 10.7 Å². The van der Waals surface area contributed by atoms with Crippen LogP contribution < -0.4 is 0 Å². The molecule has 0 bridgehead atoms. The molecule has 0 spiro atoms. The molecule has 0 N–H and O–H groups in total. The number of nitrogens with zero attached hydrogens (tertiary/aromatic N) is 2. The van der Waals surface area contributed by atoms with Crippen molar-refractivity contribution in [1.82, 2.24) is 9.80 Å². The smallest absolute Gasteiger partial charge is 0.320 e. The average Bonchev–Trinajstić information content (AvgIpc) is 2.27. The van der Waals surface area contributed by atoms with Crippen LogP contribution in [0.15, 0.2) is 0 Å². The first kappa shape index (κ1) is 13.0. The predicted molar refractivity (Wildman–Crippen MR) is 68.3 cm³/mol. The van der Waals surface area contributed by atoms with Gasteiger partial charge in [0.2, 0.25) is 0 Å². The van der Waals surface area contributed by atoms with Crippen LogP contribution in [-0.4, -0.2) is 53.2 Å². The first-order chi connectivity index (χ1) is 7.20. The van der Waals surface area contributed by atoms with Crippen molar-refractivity contribution in [3.05, 3.63) is 0 Å². The minimum atomic E-state index is 0.166. The highest BCUT2D eigenvalue weighted by molar-refractivity contribution is 14.1. The lowest BCUT2D eigenvalue weighted by Crippen LogP contribution is -2.52. The molecule has 4 nitrogen and oxygen atoms in total. The highest BCUT2D eigenvalue weighted by atomic mass is 127. The summed E-state index contributed by atoms with van der Waals surface area (Å²) in [6.07, 6.45) is 2.07. The fraction of sp³-hybridized carbons (Fsp3) is 0.900. The molecular formula is C10H19IN2O2. The van der Waals surface area contributed by atoms with Crippen LogP contribution in [-0.2, 0) is 4.74 Å². The molecule has 88 valence electrons. The van der Waals surface area contributed by atoms with E-state index in [1.54, 1.807) is 7.11 Å². The molecule has 1 fully saturated rings. The molecule has 1 atom stereocenters. The van der Waals surface area contributed by atoms with Crippen molar-refractivity contribution in [3.8, 4) is 0 Å². The lowest BCUT2D eigenvalue weighted by Gasteiger charge is -2.37. The van der Waals surface area contributed by atoms with Gasteiger partial charge < -0.3 is 14.5 Å². The zero-order chi connectivity index (χ0) is 11.3. The van der Waals surface area contributed by atoms with E-state index in [2.05, 4.69) is 29.5 Å². The minimum absolute atomic E-state index is 0.166. The Morgan fingerprint density at radius 3 is 2.87 bits per heavy atom. The molecule has 1 aliphatic rings. The van der Waals surface area contributed by atoms with E-state index in [4.69, 9.17) is 4.74 Å². The number of carbonyl (C=O) groups excluding carboxylic acids is 1. The molecular weight excluding hydrogens is 307 g/mol. The Bertz CT molecular complexity index is 214. The third-order valence-electron chi connectivity index (χ3n) is 2.58. The summed E-state index contributed by atoms with van der Waals surface area (Å²) in [4.78, 5) is 15.9. The molecule has 1 rings (SSSR count). The van der Waals surface area contributed by atoms with Crippen LogP contribution in [0.4, 0.5) is 4.79 Å². The van der Waals surface area contributed by atoms with Crippen LogP contribution in [0.1, 0.15) is 19.8 Å². The Balaban J connectivity index is 2.50. The average molecular weight is 326 g/mol. The molecule has 1 unspecified atom stereocenters. The predicted octanol–water partition coefficient (Wildman–Crippen LogP) is 1.93. The van der Waals surface area contributed by atoms with E-state index < -0.39 is 0 Å². The number of amides is 2. The normalized spacial score (nSPS) is 19.5. The van der Waals surface area contributed by atoms with E-state index in [0.717, 1.165) is 25.9 Å². The van der Waals surface area contributed by atoms with E-state index in [1.807, 2.05) is 9.80 Å². The maximum Gasteiger partial charge on any atom is 0.320 e. The topological polar surface area (TPSA) is 32.8 Å². The number of rotatable bonds is 5. The zero-order valence-electron chi connectivity index (χ0n) is 9.41. The summed E-state index contributed by atoms with van der Waals surface area (Å²) >= 11 is 2.33. The Labute approximate surface area is 105 Å². The van der Waals surface area contributed by atoms with Crippen molar-refractivity contribution < 1.29 is 9.53 Å². The van der Waals surface area contributed by atoms with Crippen molar-refractivity contribution in [1.29, 1.82) is 0 Å². The number of ether oxygens (including phenoxy) is 1. The SMILES string of the molecule is CCC(I)N1CCCN(CCOC)C1=O. The van der Waals surface area contributed by atoms with E-state index in [1.165, 1.54) is 0 Å². The lowest BCUT2D eigenvalue weighted by molar-refractivity contribution is 0.104. The molecule has 0 aromatic rings. The van der Waals surface area contributed by atoms with Crippen molar-refractivity contribution >= 4 is 28.6 Å². The maximum absolute atomic E-state index is 12.0. The van der Waals surface area contributed by atoms with Crippen molar-refractivity contribution in [3.63, 3.8) is 0 Å². The van der Waals surface area contributed by atoms with Crippen LogP contribution in [0.3, 0.4) is 0 Å². The standard InChI is InChI=1S/C10H19IN2O2/c1-3-9(11)13-6-4-5-12(10(13)14)7-8-15-2/h9H,3-8H2,1-2H3. The highest BCUT2D eigenvalue weighted by Gasteiger charge is 2.28. The molecule has 2 amide bonds. The second-order valence-electron chi connectivity index (χ2n) is 3.65. The molecule has 1 heterocycles. The first-order valence-corrected chi connectivity index (χ1v) is 6.63. The Morgan fingerprint density at radius 1 is 1.53 bits per heavy atom. The molecule has 15 heavy (non-hydrogen) atoms. The fourth-order valence-corrected chi connectivity index (χ4v) is 2.21. The Hall–Kier alpha value is -0.0400. The summed E-state index contributed by atoms with van der Waals surface area (Å²) in [7, 11) is 1.67. The number of urea groups is 1. The van der Waals surface area contributed by atoms with Gasteiger partial charge in [-0.15, -0.1) is 0 Å². The third kappa shape index (κ3) is 3.48. The molecule has 0 aromatic heterocycles. The van der Waals surface area contributed by atoms with Gasteiger partial charge in [0.1, 0.15) is 0 Å². The van der Waals surface area contributed by atoms with Crippen LogP contribution in [0, 0.1) is 0 Å². The third-order valence-corrected chi connectivity index (χ3v) is 4.14. The molecule has 5 heteroatoms. The van der Waals surface area contributed by atoms with Gasteiger partial charge in [-0.3, -0.25) is 0 Å². The monoisotopic (exact) mass is 326 g/mol. The molecule has 0 aliphatic carbocycles. The molecule has 0 saturated carbocycles. The molecule has 0 radical (unpaired) electrons. The second kappa shape index (κ2) is 6.52. The van der Waals surface area contributed by atoms with Gasteiger partial charge in [0, 0.05) is 26.7 Å².